The number of nitrogens with two attached hydrogens (primary N) is 1. The third-order valence-electron chi connectivity index (χ3n) is 4.22. The third kappa shape index (κ3) is 1.67. The second-order valence-corrected chi connectivity index (χ2v) is 5.15. The molecular formula is C14H15N5O2. The molecule has 0 unspecified atom stereocenters. The topological polar surface area (TPSA) is 110 Å². The van der Waals surface area contributed by atoms with Gasteiger partial charge in [-0.2, -0.15) is 0 Å². The number of nitrogens with zero attached hydrogens (tertiary/aromatic N) is 4. The molecule has 2 heterocycles. The summed E-state index contributed by atoms with van der Waals surface area (Å²) >= 11 is 0. The molecule has 1 saturated carbocycles. The van der Waals surface area contributed by atoms with Crippen molar-refractivity contribution < 1.29 is 10.2 Å². The average molecular weight is 285 g/mol. The molecule has 108 valence electrons. The highest BCUT2D eigenvalue weighted by atomic mass is 16.3. The number of hydrogen-bond acceptors (Lipinski definition) is 6. The summed E-state index contributed by atoms with van der Waals surface area (Å²) in [6.45, 7) is 3.62. The van der Waals surface area contributed by atoms with E-state index in [1.807, 2.05) is 0 Å². The largest absolute Gasteiger partial charge is 0.394 e. The van der Waals surface area contributed by atoms with Gasteiger partial charge in [0.1, 0.15) is 17.3 Å². The van der Waals surface area contributed by atoms with Crippen molar-refractivity contribution in [2.24, 2.45) is 5.41 Å². The Bertz CT molecular complexity index is 762. The van der Waals surface area contributed by atoms with Gasteiger partial charge in [-0.15, -0.1) is 6.42 Å². The molecule has 7 nitrogen and oxygen atoms in total. The lowest BCUT2D eigenvalue weighted by Gasteiger charge is -2.26. The predicted molar refractivity (Wildman–Crippen MR) is 76.9 cm³/mol. The molecule has 1 aliphatic rings. The summed E-state index contributed by atoms with van der Waals surface area (Å²) in [5.41, 5.74) is 6.23. The number of imidazole rings is 1. The second-order valence-electron chi connectivity index (χ2n) is 5.15. The van der Waals surface area contributed by atoms with Gasteiger partial charge in [0.25, 0.3) is 0 Å². The lowest BCUT2D eigenvalue weighted by atomic mass is 9.82. The van der Waals surface area contributed by atoms with Crippen LogP contribution in [0.5, 0.6) is 0 Å². The Balaban J connectivity index is 2.11. The smallest absolute Gasteiger partial charge is 0.165 e. The normalized spacial score (nSPS) is 28.9. The van der Waals surface area contributed by atoms with Crippen molar-refractivity contribution in [3.05, 3.63) is 24.8 Å². The van der Waals surface area contributed by atoms with Gasteiger partial charge < -0.3 is 20.5 Å². The van der Waals surface area contributed by atoms with Crippen LogP contribution in [0.25, 0.3) is 11.2 Å². The van der Waals surface area contributed by atoms with E-state index in [1.165, 1.54) is 6.33 Å². The summed E-state index contributed by atoms with van der Waals surface area (Å²) in [6.07, 6.45) is 7.89. The van der Waals surface area contributed by atoms with Crippen LogP contribution in [-0.4, -0.2) is 42.4 Å². The lowest BCUT2D eigenvalue weighted by Crippen LogP contribution is -2.33. The molecule has 1 fully saturated rings. The first-order chi connectivity index (χ1) is 10.0. The minimum Gasteiger partial charge on any atom is -0.394 e. The molecule has 2 aromatic rings. The van der Waals surface area contributed by atoms with Crippen LogP contribution in [0.3, 0.4) is 0 Å². The van der Waals surface area contributed by atoms with Crippen LogP contribution in [0, 0.1) is 17.8 Å². The van der Waals surface area contributed by atoms with Gasteiger partial charge in [-0.3, -0.25) is 0 Å². The number of fused-ring (bicyclic) bond motifs is 1. The molecule has 0 saturated heterocycles. The number of aliphatic hydroxyl groups excluding tert-OH is 2. The lowest BCUT2D eigenvalue weighted by molar-refractivity contribution is 0.0636. The quantitative estimate of drug-likeness (QED) is 0.524. The van der Waals surface area contributed by atoms with E-state index in [-0.39, 0.29) is 18.5 Å². The third-order valence-corrected chi connectivity index (χ3v) is 4.22. The van der Waals surface area contributed by atoms with Gasteiger partial charge in [0.2, 0.25) is 0 Å². The summed E-state index contributed by atoms with van der Waals surface area (Å²) in [5.74, 6) is 2.77. The number of nitrogen functional groups attached to an aromatic ring is 1. The fraction of sp³-hybridized carbons (Fsp3) is 0.357. The highest BCUT2D eigenvalue weighted by Gasteiger charge is 2.49. The van der Waals surface area contributed by atoms with E-state index in [9.17, 15) is 10.2 Å². The van der Waals surface area contributed by atoms with E-state index < -0.39 is 11.5 Å². The van der Waals surface area contributed by atoms with Crippen LogP contribution in [0.4, 0.5) is 5.82 Å². The van der Waals surface area contributed by atoms with Crippen LogP contribution in [0.2, 0.25) is 0 Å². The zero-order chi connectivity index (χ0) is 15.2. The van der Waals surface area contributed by atoms with E-state index in [0.717, 1.165) is 0 Å². The first-order valence-corrected chi connectivity index (χ1v) is 6.44. The Morgan fingerprint density at radius 2 is 2.29 bits per heavy atom. The van der Waals surface area contributed by atoms with E-state index in [2.05, 4.69) is 27.5 Å². The van der Waals surface area contributed by atoms with Gasteiger partial charge in [-0.1, -0.05) is 12.5 Å². The molecule has 0 spiro atoms. The first kappa shape index (κ1) is 13.5. The van der Waals surface area contributed by atoms with Gasteiger partial charge in [0, 0.05) is 0 Å². The molecule has 21 heavy (non-hydrogen) atoms. The summed E-state index contributed by atoms with van der Waals surface area (Å²) in [5, 5.41) is 19.8. The van der Waals surface area contributed by atoms with E-state index in [1.54, 1.807) is 10.9 Å². The molecule has 3 rings (SSSR count). The zero-order valence-electron chi connectivity index (χ0n) is 11.3. The van der Waals surface area contributed by atoms with Gasteiger partial charge in [-0.05, 0) is 12.0 Å². The Morgan fingerprint density at radius 1 is 1.52 bits per heavy atom. The first-order valence-electron chi connectivity index (χ1n) is 6.44. The molecule has 1 aliphatic carbocycles. The summed E-state index contributed by atoms with van der Waals surface area (Å²) < 4.78 is 1.76. The minimum atomic E-state index is -1.14. The molecule has 0 amide bonds. The Hall–Kier alpha value is -2.43. The van der Waals surface area contributed by atoms with Crippen LogP contribution >= 0.6 is 0 Å². The van der Waals surface area contributed by atoms with E-state index in [0.29, 0.717) is 23.2 Å². The standard InChI is InChI=1S/C14H15N5O2/c1-3-14(5-20)8(2)9(4-10(14)21)19-7-18-11-12(15)16-6-17-13(11)19/h1,6-7,9-10,20-21H,2,4-5H2,(H2,15,16,17)/t9-,10-,14-/m0/s1. The number of terminal acetylenes is 1. The summed E-state index contributed by atoms with van der Waals surface area (Å²) in [7, 11) is 0. The molecular weight excluding hydrogens is 270 g/mol. The minimum absolute atomic E-state index is 0.285. The van der Waals surface area contributed by atoms with Crippen molar-refractivity contribution in [1.82, 2.24) is 19.5 Å². The molecule has 0 bridgehead atoms. The predicted octanol–water partition coefficient (Wildman–Crippen LogP) is -0.118. The van der Waals surface area contributed by atoms with E-state index in [4.69, 9.17) is 12.2 Å². The average Bonchev–Trinajstić information content (AvgIpc) is 3.00. The highest BCUT2D eigenvalue weighted by Crippen LogP contribution is 2.48. The molecule has 0 aliphatic heterocycles. The molecule has 4 N–H and O–H groups in total. The summed E-state index contributed by atoms with van der Waals surface area (Å²) in [6, 6.07) is -0.303. The van der Waals surface area contributed by atoms with E-state index >= 15 is 0 Å². The van der Waals surface area contributed by atoms with Crippen LogP contribution in [-0.2, 0) is 0 Å². The maximum absolute atomic E-state index is 10.3. The number of hydrogen-bond donors (Lipinski definition) is 3. The molecule has 2 aromatic heterocycles. The number of rotatable bonds is 2. The Labute approximate surface area is 121 Å². The van der Waals surface area contributed by atoms with Gasteiger partial charge in [0.15, 0.2) is 11.5 Å². The Kier molecular flexibility index (Phi) is 2.93. The maximum atomic E-state index is 10.3. The molecule has 7 heteroatoms. The molecule has 0 radical (unpaired) electrons. The van der Waals surface area contributed by atoms with Crippen molar-refractivity contribution in [3.63, 3.8) is 0 Å². The Morgan fingerprint density at radius 3 is 2.90 bits per heavy atom. The van der Waals surface area contributed by atoms with Gasteiger partial charge in [0.05, 0.1) is 25.1 Å². The second kappa shape index (κ2) is 4.55. The fourth-order valence-corrected chi connectivity index (χ4v) is 2.89. The SMILES string of the molecule is C#C[C@]1(CO)C(=C)[C@@H](n2cnc3c(N)ncnc32)C[C@@H]1O. The highest BCUT2D eigenvalue weighted by molar-refractivity contribution is 5.81. The van der Waals surface area contributed by atoms with Gasteiger partial charge in [-0.25, -0.2) is 15.0 Å². The molecule has 3 atom stereocenters. The van der Waals surface area contributed by atoms with Crippen LogP contribution in [0.1, 0.15) is 12.5 Å². The maximum Gasteiger partial charge on any atom is 0.165 e. The van der Waals surface area contributed by atoms with Gasteiger partial charge >= 0.3 is 0 Å². The summed E-state index contributed by atoms with van der Waals surface area (Å²) in [4.78, 5) is 12.3. The van der Waals surface area contributed by atoms with Crippen molar-refractivity contribution in [3.8, 4) is 12.3 Å². The van der Waals surface area contributed by atoms with Crippen molar-refractivity contribution >= 4 is 17.0 Å². The number of aliphatic hydroxyl groups is 2. The van der Waals surface area contributed by atoms with Crippen molar-refractivity contribution in [2.75, 3.05) is 12.3 Å². The number of aromatic nitrogens is 4. The fourth-order valence-electron chi connectivity index (χ4n) is 2.89. The van der Waals surface area contributed by atoms with Crippen LogP contribution in [0.15, 0.2) is 24.8 Å². The van der Waals surface area contributed by atoms with Crippen molar-refractivity contribution in [1.29, 1.82) is 0 Å². The zero-order valence-corrected chi connectivity index (χ0v) is 11.3. The number of anilines is 1. The van der Waals surface area contributed by atoms with Crippen molar-refractivity contribution in [2.45, 2.75) is 18.6 Å². The molecule has 0 aromatic carbocycles. The monoisotopic (exact) mass is 285 g/mol. The van der Waals surface area contributed by atoms with Crippen LogP contribution < -0.4 is 5.73 Å².